The monoisotopic (exact) mass is 427 g/mol. The number of thioether (sulfide) groups is 1. The maximum Gasteiger partial charge on any atom is 0.263 e. The number of carbonyl (C=O) groups is 1. The highest BCUT2D eigenvalue weighted by Gasteiger charge is 2.15. The van der Waals surface area contributed by atoms with Crippen LogP contribution in [0.4, 0.5) is 10.8 Å². The number of anilines is 2. The van der Waals surface area contributed by atoms with Crippen molar-refractivity contribution in [3.8, 4) is 0 Å². The number of sulfonamides is 1. The second-order valence-corrected chi connectivity index (χ2v) is 9.87. The second kappa shape index (κ2) is 8.12. The lowest BCUT2D eigenvalue weighted by atomic mass is 10.3. The molecular formula is C14H13N5O3S4. The zero-order valence-electron chi connectivity index (χ0n) is 13.4. The molecule has 2 N–H and O–H groups in total. The van der Waals surface area contributed by atoms with Crippen LogP contribution in [0.2, 0.25) is 0 Å². The molecule has 2 heterocycles. The second-order valence-electron chi connectivity index (χ2n) is 4.89. The lowest BCUT2D eigenvalue weighted by Gasteiger charge is -2.07. The third-order valence-electron chi connectivity index (χ3n) is 2.94. The van der Waals surface area contributed by atoms with Crippen molar-refractivity contribution in [1.82, 2.24) is 15.2 Å². The number of hydrogen-bond acceptors (Lipinski definition) is 9. The van der Waals surface area contributed by atoms with Crippen LogP contribution in [0, 0.1) is 6.92 Å². The van der Waals surface area contributed by atoms with Gasteiger partial charge in [-0.25, -0.2) is 13.4 Å². The zero-order valence-corrected chi connectivity index (χ0v) is 16.6. The van der Waals surface area contributed by atoms with Crippen molar-refractivity contribution >= 4 is 61.2 Å². The molecule has 3 rings (SSSR count). The van der Waals surface area contributed by atoms with E-state index in [2.05, 4.69) is 25.2 Å². The average Bonchev–Trinajstić information content (AvgIpc) is 3.25. The number of aromatic nitrogens is 3. The topological polar surface area (TPSA) is 114 Å². The Morgan fingerprint density at radius 1 is 1.23 bits per heavy atom. The highest BCUT2D eigenvalue weighted by molar-refractivity contribution is 8.01. The molecule has 26 heavy (non-hydrogen) atoms. The van der Waals surface area contributed by atoms with E-state index in [9.17, 15) is 13.2 Å². The summed E-state index contributed by atoms with van der Waals surface area (Å²) in [5.74, 6) is -0.0142. The van der Waals surface area contributed by atoms with Crippen molar-refractivity contribution in [2.24, 2.45) is 0 Å². The number of amides is 1. The van der Waals surface area contributed by atoms with Gasteiger partial charge in [0.15, 0.2) is 9.47 Å². The Bertz CT molecular complexity index is 984. The number of aryl methyl sites for hydroxylation is 1. The Kier molecular flexibility index (Phi) is 5.86. The van der Waals surface area contributed by atoms with Crippen molar-refractivity contribution in [1.29, 1.82) is 0 Å². The Morgan fingerprint density at radius 2 is 2.00 bits per heavy atom. The molecule has 0 radical (unpaired) electrons. The first-order valence-electron chi connectivity index (χ1n) is 7.17. The fourth-order valence-corrected chi connectivity index (χ4v) is 5.23. The summed E-state index contributed by atoms with van der Waals surface area (Å²) >= 11 is 3.92. The van der Waals surface area contributed by atoms with Gasteiger partial charge in [-0.3, -0.25) is 9.52 Å². The molecule has 136 valence electrons. The summed E-state index contributed by atoms with van der Waals surface area (Å²) in [6.07, 6.45) is 1.52. The lowest BCUT2D eigenvalue weighted by molar-refractivity contribution is -0.113. The minimum Gasteiger partial charge on any atom is -0.325 e. The van der Waals surface area contributed by atoms with E-state index in [4.69, 9.17) is 0 Å². The van der Waals surface area contributed by atoms with E-state index in [0.29, 0.717) is 10.8 Å². The van der Waals surface area contributed by atoms with Crippen LogP contribution in [0.1, 0.15) is 5.01 Å². The van der Waals surface area contributed by atoms with Crippen LogP contribution in [0.15, 0.2) is 45.1 Å². The summed E-state index contributed by atoms with van der Waals surface area (Å²) in [7, 11) is -3.71. The van der Waals surface area contributed by atoms with Crippen molar-refractivity contribution in [2.75, 3.05) is 15.8 Å². The third kappa shape index (κ3) is 5.00. The minimum atomic E-state index is -3.71. The number of nitrogens with zero attached hydrogens (tertiary/aromatic N) is 3. The highest BCUT2D eigenvalue weighted by atomic mass is 32.2. The van der Waals surface area contributed by atoms with Crippen LogP contribution in [-0.4, -0.2) is 35.3 Å². The molecule has 2 aromatic heterocycles. The first-order valence-corrected chi connectivity index (χ1v) is 11.3. The Balaban J connectivity index is 1.57. The highest BCUT2D eigenvalue weighted by Crippen LogP contribution is 2.22. The molecule has 8 nitrogen and oxygen atoms in total. The number of rotatable bonds is 7. The summed E-state index contributed by atoms with van der Waals surface area (Å²) in [6.45, 7) is 1.85. The molecule has 0 saturated carbocycles. The normalized spacial score (nSPS) is 11.3. The molecule has 1 aromatic carbocycles. The number of thiazole rings is 1. The van der Waals surface area contributed by atoms with Gasteiger partial charge in [-0.1, -0.05) is 23.1 Å². The molecule has 0 aliphatic carbocycles. The van der Waals surface area contributed by atoms with Crippen LogP contribution >= 0.6 is 34.4 Å². The van der Waals surface area contributed by atoms with Crippen molar-refractivity contribution < 1.29 is 13.2 Å². The molecule has 0 bridgehead atoms. The SMILES string of the molecule is Cc1nnc(SCC(=O)Nc2ccc(S(=O)(=O)Nc3nccs3)cc2)s1. The van der Waals surface area contributed by atoms with E-state index in [1.54, 1.807) is 5.38 Å². The van der Waals surface area contributed by atoms with Crippen LogP contribution in [0.25, 0.3) is 0 Å². The van der Waals surface area contributed by atoms with Crippen LogP contribution in [0.3, 0.4) is 0 Å². The quantitative estimate of drug-likeness (QED) is 0.557. The molecule has 0 atom stereocenters. The smallest absolute Gasteiger partial charge is 0.263 e. The molecule has 0 fully saturated rings. The Morgan fingerprint density at radius 3 is 2.62 bits per heavy atom. The lowest BCUT2D eigenvalue weighted by Crippen LogP contribution is -2.15. The maximum absolute atomic E-state index is 12.2. The predicted molar refractivity (Wildman–Crippen MR) is 103 cm³/mol. The number of nitrogens with one attached hydrogen (secondary N) is 2. The molecule has 3 aromatic rings. The standard InChI is InChI=1S/C14H13N5O3S4/c1-9-17-18-14(25-9)24-8-12(20)16-10-2-4-11(5-3-10)26(21,22)19-13-15-6-7-23-13/h2-7H,8H2,1H3,(H,15,19)(H,16,20). The van der Waals surface area contributed by atoms with Crippen molar-refractivity contribution in [2.45, 2.75) is 16.2 Å². The van der Waals surface area contributed by atoms with E-state index >= 15 is 0 Å². The molecule has 0 aliphatic rings. The summed E-state index contributed by atoms with van der Waals surface area (Å²) < 4.78 is 27.6. The fraction of sp³-hybridized carbons (Fsp3) is 0.143. The van der Waals surface area contributed by atoms with Gasteiger partial charge < -0.3 is 5.32 Å². The third-order valence-corrected chi connectivity index (χ3v) is 7.08. The zero-order chi connectivity index (χ0) is 18.6. The van der Waals surface area contributed by atoms with Crippen molar-refractivity contribution in [3.05, 3.63) is 40.8 Å². The van der Waals surface area contributed by atoms with E-state index < -0.39 is 10.0 Å². The van der Waals surface area contributed by atoms with Crippen LogP contribution in [0.5, 0.6) is 0 Å². The summed E-state index contributed by atoms with van der Waals surface area (Å²) in [5, 5.41) is 13.4. The minimum absolute atomic E-state index is 0.0874. The van der Waals surface area contributed by atoms with Crippen LogP contribution < -0.4 is 10.0 Å². The van der Waals surface area contributed by atoms with E-state index in [0.717, 1.165) is 9.35 Å². The Labute approximate surface area is 162 Å². The maximum atomic E-state index is 12.2. The Hall–Kier alpha value is -2.02. The van der Waals surface area contributed by atoms with E-state index in [1.165, 1.54) is 64.9 Å². The van der Waals surface area contributed by atoms with Gasteiger partial charge >= 0.3 is 0 Å². The molecule has 0 spiro atoms. The number of carbonyl (C=O) groups excluding carboxylic acids is 1. The number of hydrogen-bond donors (Lipinski definition) is 2. The van der Waals surface area contributed by atoms with Crippen LogP contribution in [-0.2, 0) is 14.8 Å². The summed E-state index contributed by atoms with van der Waals surface area (Å²) in [4.78, 5) is 16.0. The molecule has 0 saturated heterocycles. The molecule has 0 aliphatic heterocycles. The van der Waals surface area contributed by atoms with E-state index in [-0.39, 0.29) is 16.6 Å². The average molecular weight is 428 g/mol. The molecule has 0 unspecified atom stereocenters. The molecule has 12 heteroatoms. The molecular weight excluding hydrogens is 414 g/mol. The fourth-order valence-electron chi connectivity index (χ4n) is 1.83. The largest absolute Gasteiger partial charge is 0.325 e. The number of benzene rings is 1. The van der Waals surface area contributed by atoms with Gasteiger partial charge in [0.05, 0.1) is 10.6 Å². The summed E-state index contributed by atoms with van der Waals surface area (Å²) in [6, 6.07) is 5.92. The first kappa shape index (κ1) is 18.8. The van der Waals surface area contributed by atoms with E-state index in [1.807, 2.05) is 6.92 Å². The van der Waals surface area contributed by atoms with Gasteiger partial charge in [0.2, 0.25) is 5.91 Å². The molecule has 1 amide bonds. The first-order chi connectivity index (χ1) is 12.4. The summed E-state index contributed by atoms with van der Waals surface area (Å²) in [5.41, 5.74) is 0.511. The van der Waals surface area contributed by atoms with Gasteiger partial charge in [0.25, 0.3) is 10.0 Å². The van der Waals surface area contributed by atoms with Crippen molar-refractivity contribution in [3.63, 3.8) is 0 Å². The van der Waals surface area contributed by atoms with Gasteiger partial charge in [-0.15, -0.1) is 21.5 Å². The predicted octanol–water partition coefficient (Wildman–Crippen LogP) is 2.83. The van der Waals surface area contributed by atoms with Gasteiger partial charge in [-0.2, -0.15) is 0 Å². The van der Waals surface area contributed by atoms with Gasteiger partial charge in [0.1, 0.15) is 5.01 Å². The van der Waals surface area contributed by atoms with Gasteiger partial charge in [0, 0.05) is 17.3 Å². The van der Waals surface area contributed by atoms with Gasteiger partial charge in [-0.05, 0) is 31.2 Å².